The molecular weight excluding hydrogens is 390 g/mol. The zero-order valence-corrected chi connectivity index (χ0v) is 15.4. The fraction of sp³-hybridized carbons (Fsp3) is 0.176. The number of carboxylic acids is 2. The minimum Gasteiger partial charge on any atom is -0.481 e. The van der Waals surface area contributed by atoms with Crippen LogP contribution < -0.4 is 0 Å². The summed E-state index contributed by atoms with van der Waals surface area (Å²) < 4.78 is 0.0674. The van der Waals surface area contributed by atoms with E-state index in [1.807, 2.05) is 18.2 Å². The lowest BCUT2D eigenvalue weighted by molar-refractivity contribution is -0.146. The third kappa shape index (κ3) is 4.12. The molecular formula is C17H13N3O5S2. The second-order valence-electron chi connectivity index (χ2n) is 5.62. The first kappa shape index (κ1) is 18.9. The molecule has 1 saturated heterocycles. The maximum atomic E-state index is 12.7. The van der Waals surface area contributed by atoms with Crippen LogP contribution in [0.2, 0.25) is 0 Å². The number of hydrogen-bond donors (Lipinski definition) is 2. The van der Waals surface area contributed by atoms with Crippen LogP contribution >= 0.6 is 24.0 Å². The van der Waals surface area contributed by atoms with Crippen molar-refractivity contribution >= 4 is 63.3 Å². The molecule has 1 fully saturated rings. The van der Waals surface area contributed by atoms with Gasteiger partial charge < -0.3 is 10.2 Å². The standard InChI is InChI=1S/C17H13N3O5S2/c21-14(22)6-5-12(16(24)25)20-15(23)13(27-17(20)26)7-9-8-18-10-3-1-2-4-11(10)19-9/h1-4,7-8,12H,5-6H2,(H,21,22)(H,24,25)/b13-7-/t12-/m1/s1. The number of amides is 1. The van der Waals surface area contributed by atoms with Crippen molar-refractivity contribution in [3.05, 3.63) is 41.1 Å². The van der Waals surface area contributed by atoms with E-state index < -0.39 is 23.9 Å². The van der Waals surface area contributed by atoms with Gasteiger partial charge in [0.2, 0.25) is 0 Å². The molecule has 1 amide bonds. The molecule has 1 aromatic carbocycles. The van der Waals surface area contributed by atoms with Gasteiger partial charge in [0.1, 0.15) is 10.4 Å². The molecule has 1 atom stereocenters. The summed E-state index contributed by atoms with van der Waals surface area (Å²) in [6.07, 6.45) is 2.38. The first-order valence-corrected chi connectivity index (χ1v) is 9.02. The number of para-hydroxylation sites is 2. The van der Waals surface area contributed by atoms with Gasteiger partial charge in [-0.1, -0.05) is 36.1 Å². The van der Waals surface area contributed by atoms with E-state index in [1.54, 1.807) is 6.07 Å². The number of carbonyl (C=O) groups is 3. The lowest BCUT2D eigenvalue weighted by atomic mass is 10.1. The first-order valence-electron chi connectivity index (χ1n) is 7.80. The minimum atomic E-state index is -1.33. The zero-order valence-electron chi connectivity index (χ0n) is 13.7. The molecule has 10 heteroatoms. The molecule has 2 heterocycles. The van der Waals surface area contributed by atoms with E-state index in [4.69, 9.17) is 17.3 Å². The average Bonchev–Trinajstić information content (AvgIpc) is 2.89. The van der Waals surface area contributed by atoms with Crippen molar-refractivity contribution in [2.45, 2.75) is 18.9 Å². The van der Waals surface area contributed by atoms with E-state index in [9.17, 15) is 19.5 Å². The van der Waals surface area contributed by atoms with Gasteiger partial charge >= 0.3 is 11.9 Å². The summed E-state index contributed by atoms with van der Waals surface area (Å²) in [5, 5.41) is 18.2. The van der Waals surface area contributed by atoms with E-state index >= 15 is 0 Å². The molecule has 8 nitrogen and oxygen atoms in total. The number of carbonyl (C=O) groups excluding carboxylic acids is 1. The topological polar surface area (TPSA) is 121 Å². The molecule has 1 aliphatic rings. The Bertz CT molecular complexity index is 991. The fourth-order valence-corrected chi connectivity index (χ4v) is 3.89. The average molecular weight is 403 g/mol. The van der Waals surface area contributed by atoms with Gasteiger partial charge in [-0.25, -0.2) is 9.78 Å². The molecule has 0 unspecified atom stereocenters. The zero-order chi connectivity index (χ0) is 19.6. The summed E-state index contributed by atoms with van der Waals surface area (Å²) in [5.74, 6) is -3.04. The van der Waals surface area contributed by atoms with E-state index in [2.05, 4.69) is 9.97 Å². The van der Waals surface area contributed by atoms with E-state index in [-0.39, 0.29) is 22.1 Å². The highest BCUT2D eigenvalue weighted by molar-refractivity contribution is 8.26. The fourth-order valence-electron chi connectivity index (χ4n) is 2.55. The van der Waals surface area contributed by atoms with Crippen LogP contribution in [-0.4, -0.2) is 53.3 Å². The molecule has 2 N–H and O–H groups in total. The minimum absolute atomic E-state index is 0.0674. The van der Waals surface area contributed by atoms with E-state index in [1.165, 1.54) is 12.3 Å². The number of nitrogens with zero attached hydrogens (tertiary/aromatic N) is 3. The second-order valence-corrected chi connectivity index (χ2v) is 7.30. The largest absolute Gasteiger partial charge is 0.481 e. The smallest absolute Gasteiger partial charge is 0.326 e. The van der Waals surface area contributed by atoms with Crippen molar-refractivity contribution < 1.29 is 24.6 Å². The number of rotatable bonds is 6. The van der Waals surface area contributed by atoms with Gasteiger partial charge in [-0.05, 0) is 24.6 Å². The van der Waals surface area contributed by atoms with Crippen molar-refractivity contribution in [1.29, 1.82) is 0 Å². The predicted molar refractivity (Wildman–Crippen MR) is 103 cm³/mol. The van der Waals surface area contributed by atoms with Crippen LogP contribution in [-0.2, 0) is 14.4 Å². The lowest BCUT2D eigenvalue weighted by Gasteiger charge is -2.22. The van der Waals surface area contributed by atoms with Crippen LogP contribution in [0.5, 0.6) is 0 Å². The number of carboxylic acid groups (broad SMARTS) is 2. The molecule has 0 radical (unpaired) electrons. The molecule has 0 aliphatic carbocycles. The molecule has 27 heavy (non-hydrogen) atoms. The summed E-state index contributed by atoms with van der Waals surface area (Å²) in [6, 6.07) is 5.93. The van der Waals surface area contributed by atoms with Crippen LogP contribution in [0.25, 0.3) is 17.1 Å². The van der Waals surface area contributed by atoms with Gasteiger partial charge in [0, 0.05) is 6.42 Å². The Labute approximate surface area is 162 Å². The van der Waals surface area contributed by atoms with Gasteiger partial charge in [0.15, 0.2) is 0 Å². The van der Waals surface area contributed by atoms with Crippen molar-refractivity contribution in [2.75, 3.05) is 0 Å². The molecule has 0 spiro atoms. The number of hydrogen-bond acceptors (Lipinski definition) is 7. The number of thiocarbonyl (C=S) groups is 1. The van der Waals surface area contributed by atoms with Crippen molar-refractivity contribution in [1.82, 2.24) is 14.9 Å². The predicted octanol–water partition coefficient (Wildman–Crippen LogP) is 2.15. The SMILES string of the molecule is O=C(O)CC[C@H](C(=O)O)N1C(=O)/C(=C/c2cnc3ccccc3n2)SC1=S. The number of fused-ring (bicyclic) bond motifs is 1. The molecule has 138 valence electrons. The maximum absolute atomic E-state index is 12.7. The summed E-state index contributed by atoms with van der Waals surface area (Å²) in [7, 11) is 0. The highest BCUT2D eigenvalue weighted by atomic mass is 32.2. The first-order chi connectivity index (χ1) is 12.9. The molecule has 2 aromatic rings. The van der Waals surface area contributed by atoms with Crippen LogP contribution in [0.1, 0.15) is 18.5 Å². The van der Waals surface area contributed by atoms with Crippen molar-refractivity contribution in [3.63, 3.8) is 0 Å². The van der Waals surface area contributed by atoms with Crippen LogP contribution in [0, 0.1) is 0 Å². The third-order valence-corrected chi connectivity index (χ3v) is 5.13. The molecule has 1 aromatic heterocycles. The summed E-state index contributed by atoms with van der Waals surface area (Å²) in [4.78, 5) is 44.8. The Morgan fingerprint density at radius 2 is 1.96 bits per heavy atom. The third-order valence-electron chi connectivity index (χ3n) is 3.80. The Morgan fingerprint density at radius 1 is 1.26 bits per heavy atom. The van der Waals surface area contributed by atoms with Crippen molar-refractivity contribution in [3.8, 4) is 0 Å². The Kier molecular flexibility index (Phi) is 5.47. The number of thioether (sulfide) groups is 1. The molecule has 3 rings (SSSR count). The Balaban J connectivity index is 1.88. The summed E-state index contributed by atoms with van der Waals surface area (Å²) >= 11 is 6.10. The van der Waals surface area contributed by atoms with Gasteiger partial charge in [-0.15, -0.1) is 0 Å². The van der Waals surface area contributed by atoms with Gasteiger partial charge in [-0.3, -0.25) is 19.5 Å². The Hall–Kier alpha value is -2.85. The molecule has 0 saturated carbocycles. The second kappa shape index (κ2) is 7.80. The van der Waals surface area contributed by atoms with Crippen molar-refractivity contribution in [2.24, 2.45) is 0 Å². The number of aromatic nitrogens is 2. The summed E-state index contributed by atoms with van der Waals surface area (Å²) in [5.41, 5.74) is 1.81. The molecule has 0 bridgehead atoms. The van der Waals surface area contributed by atoms with Crippen LogP contribution in [0.15, 0.2) is 35.4 Å². The summed E-state index contributed by atoms with van der Waals surface area (Å²) in [6.45, 7) is 0. The number of aliphatic carboxylic acids is 2. The van der Waals surface area contributed by atoms with Gasteiger partial charge in [0.25, 0.3) is 5.91 Å². The molecule has 1 aliphatic heterocycles. The number of benzene rings is 1. The van der Waals surface area contributed by atoms with Crippen LogP contribution in [0.4, 0.5) is 0 Å². The quantitative estimate of drug-likeness (QED) is 0.552. The van der Waals surface area contributed by atoms with Gasteiger partial charge in [-0.2, -0.15) is 0 Å². The monoisotopic (exact) mass is 403 g/mol. The highest BCUT2D eigenvalue weighted by Gasteiger charge is 2.40. The normalized spacial score (nSPS) is 16.9. The van der Waals surface area contributed by atoms with Gasteiger partial charge in [0.05, 0.1) is 27.8 Å². The Morgan fingerprint density at radius 3 is 2.63 bits per heavy atom. The highest BCUT2D eigenvalue weighted by Crippen LogP contribution is 2.34. The lowest BCUT2D eigenvalue weighted by Crippen LogP contribution is -2.44. The maximum Gasteiger partial charge on any atom is 0.326 e. The van der Waals surface area contributed by atoms with Crippen LogP contribution in [0.3, 0.4) is 0 Å². The van der Waals surface area contributed by atoms with E-state index in [0.29, 0.717) is 16.7 Å². The van der Waals surface area contributed by atoms with E-state index in [0.717, 1.165) is 16.7 Å².